The minimum atomic E-state index is -3.47. The maximum Gasteiger partial charge on any atom is 0.322 e. The smallest absolute Gasteiger partial charge is 0.322 e. The number of hydrogen-bond donors (Lipinski definition) is 2. The largest absolute Gasteiger partial charge is 0.480 e. The lowest BCUT2D eigenvalue weighted by molar-refractivity contribution is -0.140. The molecule has 0 aromatic rings. The fraction of sp³-hybridized carbons (Fsp3) is 0.900. The number of sulfonamides is 1. The molecule has 0 radical (unpaired) electrons. The van der Waals surface area contributed by atoms with Crippen molar-refractivity contribution in [1.82, 2.24) is 4.72 Å². The SMILES string of the molecule is CCCCS(=O)(=O)N[C@H](C(=O)O)[C@@H](C)CC. The lowest BCUT2D eigenvalue weighted by Gasteiger charge is -2.19. The van der Waals surface area contributed by atoms with E-state index >= 15 is 0 Å². The molecule has 0 aromatic carbocycles. The number of rotatable bonds is 8. The third-order valence-corrected chi connectivity index (χ3v) is 3.99. The molecule has 16 heavy (non-hydrogen) atoms. The molecule has 0 heterocycles. The van der Waals surface area contributed by atoms with Crippen LogP contribution in [0.25, 0.3) is 0 Å². The molecule has 2 atom stereocenters. The molecular weight excluding hydrogens is 230 g/mol. The van der Waals surface area contributed by atoms with Gasteiger partial charge in [0.05, 0.1) is 5.75 Å². The minimum absolute atomic E-state index is 0.0102. The molecule has 0 aromatic heterocycles. The topological polar surface area (TPSA) is 83.5 Å². The third kappa shape index (κ3) is 5.46. The molecule has 2 N–H and O–H groups in total. The van der Waals surface area contributed by atoms with E-state index in [1.165, 1.54) is 0 Å². The zero-order valence-corrected chi connectivity index (χ0v) is 10.9. The summed E-state index contributed by atoms with van der Waals surface area (Å²) in [5.41, 5.74) is 0. The standard InChI is InChI=1S/C10H21NO4S/c1-4-6-7-16(14,15)11-9(10(12)13)8(3)5-2/h8-9,11H,4-7H2,1-3H3,(H,12,13)/t8-,9-/m0/s1. The molecule has 0 aliphatic rings. The number of hydrogen-bond acceptors (Lipinski definition) is 3. The molecule has 0 aliphatic heterocycles. The lowest BCUT2D eigenvalue weighted by Crippen LogP contribution is -2.45. The maximum absolute atomic E-state index is 11.6. The van der Waals surface area contributed by atoms with Crippen molar-refractivity contribution < 1.29 is 18.3 Å². The van der Waals surface area contributed by atoms with Crippen molar-refractivity contribution in [3.05, 3.63) is 0 Å². The van der Waals surface area contributed by atoms with E-state index in [0.717, 1.165) is 6.42 Å². The van der Waals surface area contributed by atoms with Crippen molar-refractivity contribution in [2.45, 2.75) is 46.1 Å². The maximum atomic E-state index is 11.6. The van der Waals surface area contributed by atoms with E-state index in [1.807, 2.05) is 13.8 Å². The Bertz CT molecular complexity index is 313. The molecule has 0 saturated carbocycles. The molecule has 0 amide bonds. The Labute approximate surface area is 97.3 Å². The molecule has 0 fully saturated rings. The van der Waals surface area contributed by atoms with Gasteiger partial charge in [-0.3, -0.25) is 4.79 Å². The fourth-order valence-electron chi connectivity index (χ4n) is 1.23. The van der Waals surface area contributed by atoms with E-state index in [4.69, 9.17) is 5.11 Å². The van der Waals surface area contributed by atoms with Crippen LogP contribution in [-0.4, -0.2) is 31.3 Å². The van der Waals surface area contributed by atoms with Gasteiger partial charge in [-0.05, 0) is 12.3 Å². The second-order valence-electron chi connectivity index (χ2n) is 3.99. The number of unbranched alkanes of at least 4 members (excludes halogenated alkanes) is 1. The predicted octanol–water partition coefficient (Wildman–Crippen LogP) is 1.21. The van der Waals surface area contributed by atoms with Crippen molar-refractivity contribution in [1.29, 1.82) is 0 Å². The quantitative estimate of drug-likeness (QED) is 0.679. The van der Waals surface area contributed by atoms with E-state index in [-0.39, 0.29) is 11.7 Å². The fourth-order valence-corrected chi connectivity index (χ4v) is 2.74. The van der Waals surface area contributed by atoms with Gasteiger partial charge in [0.1, 0.15) is 6.04 Å². The summed E-state index contributed by atoms with van der Waals surface area (Å²) in [5, 5.41) is 8.94. The Morgan fingerprint density at radius 2 is 1.94 bits per heavy atom. The van der Waals surface area contributed by atoms with Gasteiger partial charge in [-0.15, -0.1) is 0 Å². The molecule has 0 saturated heterocycles. The van der Waals surface area contributed by atoms with Gasteiger partial charge in [0, 0.05) is 0 Å². The van der Waals surface area contributed by atoms with Crippen LogP contribution >= 0.6 is 0 Å². The second-order valence-corrected chi connectivity index (χ2v) is 5.87. The van der Waals surface area contributed by atoms with Crippen LogP contribution in [0.4, 0.5) is 0 Å². The highest BCUT2D eigenvalue weighted by atomic mass is 32.2. The van der Waals surface area contributed by atoms with Crippen molar-refractivity contribution in [3.8, 4) is 0 Å². The molecule has 0 rings (SSSR count). The molecule has 6 heteroatoms. The van der Waals surface area contributed by atoms with Gasteiger partial charge in [0.25, 0.3) is 0 Å². The minimum Gasteiger partial charge on any atom is -0.480 e. The lowest BCUT2D eigenvalue weighted by atomic mass is 10.0. The number of carboxylic acid groups (broad SMARTS) is 1. The highest BCUT2D eigenvalue weighted by Crippen LogP contribution is 2.09. The van der Waals surface area contributed by atoms with Crippen LogP contribution in [-0.2, 0) is 14.8 Å². The molecule has 0 spiro atoms. The zero-order chi connectivity index (χ0) is 12.8. The van der Waals surface area contributed by atoms with Gasteiger partial charge in [-0.25, -0.2) is 13.1 Å². The second kappa shape index (κ2) is 6.85. The number of carbonyl (C=O) groups is 1. The van der Waals surface area contributed by atoms with Crippen LogP contribution in [0.1, 0.15) is 40.0 Å². The summed E-state index contributed by atoms with van der Waals surface area (Å²) in [4.78, 5) is 10.9. The molecule has 0 aliphatic carbocycles. The van der Waals surface area contributed by atoms with Crippen molar-refractivity contribution in [2.24, 2.45) is 5.92 Å². The predicted molar refractivity (Wildman–Crippen MR) is 62.7 cm³/mol. The first-order valence-electron chi connectivity index (χ1n) is 5.56. The zero-order valence-electron chi connectivity index (χ0n) is 10.1. The summed E-state index contributed by atoms with van der Waals surface area (Å²) >= 11 is 0. The average Bonchev–Trinajstić information content (AvgIpc) is 2.22. The van der Waals surface area contributed by atoms with Gasteiger partial charge >= 0.3 is 5.97 Å². The summed E-state index contributed by atoms with van der Waals surface area (Å²) < 4.78 is 25.4. The third-order valence-electron chi connectivity index (χ3n) is 2.55. The van der Waals surface area contributed by atoms with E-state index in [1.54, 1.807) is 6.92 Å². The highest BCUT2D eigenvalue weighted by molar-refractivity contribution is 7.89. The van der Waals surface area contributed by atoms with Crippen LogP contribution < -0.4 is 4.72 Å². The number of carboxylic acids is 1. The van der Waals surface area contributed by atoms with E-state index < -0.39 is 22.0 Å². The van der Waals surface area contributed by atoms with E-state index in [9.17, 15) is 13.2 Å². The molecule has 96 valence electrons. The van der Waals surface area contributed by atoms with Crippen LogP contribution in [0.5, 0.6) is 0 Å². The Morgan fingerprint density at radius 3 is 2.31 bits per heavy atom. The highest BCUT2D eigenvalue weighted by Gasteiger charge is 2.27. The monoisotopic (exact) mass is 251 g/mol. The van der Waals surface area contributed by atoms with Crippen molar-refractivity contribution in [2.75, 3.05) is 5.75 Å². The van der Waals surface area contributed by atoms with Gasteiger partial charge < -0.3 is 5.11 Å². The van der Waals surface area contributed by atoms with Crippen molar-refractivity contribution >= 4 is 16.0 Å². The number of aliphatic carboxylic acids is 1. The van der Waals surface area contributed by atoms with Gasteiger partial charge in [0.2, 0.25) is 10.0 Å². The van der Waals surface area contributed by atoms with Crippen LogP contribution in [0.15, 0.2) is 0 Å². The van der Waals surface area contributed by atoms with Gasteiger partial charge in [0.15, 0.2) is 0 Å². The summed E-state index contributed by atoms with van der Waals surface area (Å²) in [6, 6.07) is -1.02. The average molecular weight is 251 g/mol. The van der Waals surface area contributed by atoms with Crippen LogP contribution in [0.2, 0.25) is 0 Å². The van der Waals surface area contributed by atoms with E-state index in [0.29, 0.717) is 12.8 Å². The summed E-state index contributed by atoms with van der Waals surface area (Å²) in [6.07, 6.45) is 1.93. The molecular formula is C10H21NO4S. The normalized spacial score (nSPS) is 15.7. The van der Waals surface area contributed by atoms with E-state index in [2.05, 4.69) is 4.72 Å². The summed E-state index contributed by atoms with van der Waals surface area (Å²) in [7, 11) is -3.47. The first kappa shape index (κ1) is 15.4. The Hall–Kier alpha value is -0.620. The summed E-state index contributed by atoms with van der Waals surface area (Å²) in [5.74, 6) is -1.34. The van der Waals surface area contributed by atoms with Gasteiger partial charge in [-0.1, -0.05) is 33.6 Å². The van der Waals surface area contributed by atoms with Crippen LogP contribution in [0.3, 0.4) is 0 Å². The Balaban J connectivity index is 4.57. The Kier molecular flexibility index (Phi) is 6.59. The van der Waals surface area contributed by atoms with Crippen LogP contribution in [0, 0.1) is 5.92 Å². The van der Waals surface area contributed by atoms with Crippen molar-refractivity contribution in [3.63, 3.8) is 0 Å². The first-order chi connectivity index (χ1) is 7.34. The first-order valence-corrected chi connectivity index (χ1v) is 7.22. The Morgan fingerprint density at radius 1 is 1.38 bits per heavy atom. The molecule has 0 unspecified atom stereocenters. The number of nitrogens with one attached hydrogen (secondary N) is 1. The van der Waals surface area contributed by atoms with Gasteiger partial charge in [-0.2, -0.15) is 0 Å². The molecule has 5 nitrogen and oxygen atoms in total. The molecule has 0 bridgehead atoms. The summed E-state index contributed by atoms with van der Waals surface area (Å²) in [6.45, 7) is 5.45.